The van der Waals surface area contributed by atoms with Gasteiger partial charge in [0.05, 0.1) is 35.4 Å². The second-order valence-corrected chi connectivity index (χ2v) is 7.11. The summed E-state index contributed by atoms with van der Waals surface area (Å²) in [5.41, 5.74) is 11.4. The summed E-state index contributed by atoms with van der Waals surface area (Å²) in [5.74, 6) is 0.356. The fourth-order valence-corrected chi connectivity index (χ4v) is 3.75. The van der Waals surface area contributed by atoms with Crippen LogP contribution >= 0.6 is 11.3 Å². The zero-order valence-corrected chi connectivity index (χ0v) is 14.5. The summed E-state index contributed by atoms with van der Waals surface area (Å²) in [6.07, 6.45) is 0. The zero-order chi connectivity index (χ0) is 17.4. The molecule has 2 N–H and O–H groups in total. The molecule has 0 bridgehead atoms. The number of nitrogens with zero attached hydrogens (tertiary/aromatic N) is 3. The molecule has 2 aromatic heterocycles. The van der Waals surface area contributed by atoms with Gasteiger partial charge in [-0.05, 0) is 36.8 Å². The van der Waals surface area contributed by atoms with Crippen molar-refractivity contribution in [2.24, 2.45) is 0 Å². The zero-order valence-electron chi connectivity index (χ0n) is 13.7. The molecular weight excluding hydrogens is 332 g/mol. The van der Waals surface area contributed by atoms with Crippen molar-refractivity contribution in [3.8, 4) is 27.8 Å². The molecular formula is C19H16N4OS. The summed E-state index contributed by atoms with van der Waals surface area (Å²) >= 11 is 1.46. The summed E-state index contributed by atoms with van der Waals surface area (Å²) in [5, 5.41) is 9.66. The van der Waals surface area contributed by atoms with Crippen molar-refractivity contribution in [3.05, 3.63) is 53.3 Å². The SMILES string of the molecule is Cc1cc(-c2sc(N)nc2-c2cccc(C#N)c2)cc(C2COC2)n1. The number of thiazole rings is 1. The Labute approximate surface area is 149 Å². The Morgan fingerprint density at radius 2 is 2.04 bits per heavy atom. The number of ether oxygens (including phenoxy) is 1. The summed E-state index contributed by atoms with van der Waals surface area (Å²) in [6, 6.07) is 13.8. The normalized spacial score (nSPS) is 14.1. The third-order valence-corrected chi connectivity index (χ3v) is 5.13. The fraction of sp³-hybridized carbons (Fsp3) is 0.211. The lowest BCUT2D eigenvalue weighted by Gasteiger charge is -2.26. The Balaban J connectivity index is 1.84. The maximum absolute atomic E-state index is 9.16. The molecule has 0 unspecified atom stereocenters. The van der Waals surface area contributed by atoms with E-state index < -0.39 is 0 Å². The lowest BCUT2D eigenvalue weighted by molar-refractivity contribution is 0.00669. The highest BCUT2D eigenvalue weighted by Gasteiger charge is 2.24. The number of aryl methyl sites for hydroxylation is 1. The Kier molecular flexibility index (Phi) is 3.96. The van der Waals surface area contributed by atoms with Gasteiger partial charge in [0.15, 0.2) is 5.13 Å². The van der Waals surface area contributed by atoms with Gasteiger partial charge in [0.25, 0.3) is 0 Å². The molecule has 25 heavy (non-hydrogen) atoms. The number of pyridine rings is 1. The Hall–Kier alpha value is -2.75. The fourth-order valence-electron chi connectivity index (χ4n) is 2.90. The highest BCUT2D eigenvalue weighted by Crippen LogP contribution is 2.39. The second-order valence-electron chi connectivity index (χ2n) is 6.08. The molecule has 3 aromatic rings. The molecule has 5 nitrogen and oxygen atoms in total. The van der Waals surface area contributed by atoms with Crippen molar-refractivity contribution < 1.29 is 4.74 Å². The maximum atomic E-state index is 9.16. The van der Waals surface area contributed by atoms with E-state index in [9.17, 15) is 0 Å². The minimum absolute atomic E-state index is 0.356. The van der Waals surface area contributed by atoms with Gasteiger partial charge in [0.2, 0.25) is 0 Å². The highest BCUT2D eigenvalue weighted by molar-refractivity contribution is 7.19. The van der Waals surface area contributed by atoms with E-state index in [0.717, 1.165) is 46.3 Å². The molecule has 1 aromatic carbocycles. The lowest BCUT2D eigenvalue weighted by atomic mass is 9.99. The van der Waals surface area contributed by atoms with Crippen molar-refractivity contribution in [3.63, 3.8) is 0 Å². The van der Waals surface area contributed by atoms with E-state index in [-0.39, 0.29) is 0 Å². The van der Waals surface area contributed by atoms with Crippen LogP contribution in [0.1, 0.15) is 22.9 Å². The van der Waals surface area contributed by atoms with Crippen LogP contribution in [0.25, 0.3) is 21.7 Å². The molecule has 0 atom stereocenters. The van der Waals surface area contributed by atoms with Crippen molar-refractivity contribution >= 4 is 16.5 Å². The minimum Gasteiger partial charge on any atom is -0.380 e. The van der Waals surface area contributed by atoms with Gasteiger partial charge in [-0.2, -0.15) is 5.26 Å². The van der Waals surface area contributed by atoms with Gasteiger partial charge in [0.1, 0.15) is 0 Å². The molecule has 0 spiro atoms. The summed E-state index contributed by atoms with van der Waals surface area (Å²) in [7, 11) is 0. The number of hydrogen-bond donors (Lipinski definition) is 1. The smallest absolute Gasteiger partial charge is 0.181 e. The van der Waals surface area contributed by atoms with Gasteiger partial charge < -0.3 is 10.5 Å². The van der Waals surface area contributed by atoms with E-state index in [2.05, 4.69) is 22.1 Å². The molecule has 124 valence electrons. The topological polar surface area (TPSA) is 84.8 Å². The largest absolute Gasteiger partial charge is 0.380 e. The Morgan fingerprint density at radius 1 is 1.20 bits per heavy atom. The first-order valence-corrected chi connectivity index (χ1v) is 8.79. The van der Waals surface area contributed by atoms with Crippen molar-refractivity contribution in [1.82, 2.24) is 9.97 Å². The lowest BCUT2D eigenvalue weighted by Crippen LogP contribution is -2.26. The van der Waals surface area contributed by atoms with Crippen LogP contribution in [0.2, 0.25) is 0 Å². The summed E-state index contributed by atoms with van der Waals surface area (Å²) in [6.45, 7) is 3.43. The van der Waals surface area contributed by atoms with Gasteiger partial charge in [-0.15, -0.1) is 0 Å². The molecule has 0 saturated carbocycles. The number of benzene rings is 1. The van der Waals surface area contributed by atoms with Crippen molar-refractivity contribution in [2.75, 3.05) is 18.9 Å². The number of nitrogen functional groups attached to an aromatic ring is 1. The first kappa shape index (κ1) is 15.8. The molecule has 1 saturated heterocycles. The first-order valence-electron chi connectivity index (χ1n) is 7.97. The van der Waals surface area contributed by atoms with Crippen LogP contribution in [-0.4, -0.2) is 23.2 Å². The third kappa shape index (κ3) is 3.00. The van der Waals surface area contributed by atoms with Crippen LogP contribution in [0.15, 0.2) is 36.4 Å². The van der Waals surface area contributed by atoms with Crippen LogP contribution in [-0.2, 0) is 4.74 Å². The molecule has 3 heterocycles. The van der Waals surface area contributed by atoms with E-state index in [1.54, 1.807) is 6.07 Å². The third-order valence-electron chi connectivity index (χ3n) is 4.20. The van der Waals surface area contributed by atoms with Gasteiger partial charge in [-0.1, -0.05) is 23.5 Å². The number of anilines is 1. The molecule has 0 amide bonds. The van der Waals surface area contributed by atoms with Crippen LogP contribution < -0.4 is 5.73 Å². The van der Waals surface area contributed by atoms with Crippen molar-refractivity contribution in [1.29, 1.82) is 5.26 Å². The van der Waals surface area contributed by atoms with Gasteiger partial charge in [-0.3, -0.25) is 4.98 Å². The average Bonchev–Trinajstić information content (AvgIpc) is 2.95. The molecule has 0 aliphatic carbocycles. The maximum Gasteiger partial charge on any atom is 0.181 e. The molecule has 1 fully saturated rings. The van der Waals surface area contributed by atoms with Crippen molar-refractivity contribution in [2.45, 2.75) is 12.8 Å². The predicted octanol–water partition coefficient (Wildman–Crippen LogP) is 3.75. The van der Waals surface area contributed by atoms with Crippen LogP contribution in [0.3, 0.4) is 0 Å². The average molecular weight is 348 g/mol. The van der Waals surface area contributed by atoms with E-state index in [1.807, 2.05) is 31.2 Å². The minimum atomic E-state index is 0.356. The summed E-state index contributed by atoms with van der Waals surface area (Å²) in [4.78, 5) is 10.2. The highest BCUT2D eigenvalue weighted by atomic mass is 32.1. The van der Waals surface area contributed by atoms with Gasteiger partial charge >= 0.3 is 0 Å². The van der Waals surface area contributed by atoms with E-state index in [4.69, 9.17) is 15.7 Å². The molecule has 1 aliphatic rings. The number of nitriles is 1. The van der Waals surface area contributed by atoms with E-state index in [0.29, 0.717) is 16.6 Å². The molecule has 4 rings (SSSR count). The molecule has 6 heteroatoms. The molecule has 0 radical (unpaired) electrons. The van der Waals surface area contributed by atoms with E-state index >= 15 is 0 Å². The number of nitrogens with two attached hydrogens (primary N) is 1. The molecule has 1 aliphatic heterocycles. The first-order chi connectivity index (χ1) is 12.1. The standard InChI is InChI=1S/C19H16N4OS/c1-11-5-14(7-16(22-11)15-9-24-10-15)18-17(23-19(21)25-18)13-4-2-3-12(6-13)8-20/h2-7,15H,9-10H2,1H3,(H2,21,23). The second kappa shape index (κ2) is 6.28. The quantitative estimate of drug-likeness (QED) is 0.779. The van der Waals surface area contributed by atoms with Crippen LogP contribution in [0.4, 0.5) is 5.13 Å². The number of hydrogen-bond acceptors (Lipinski definition) is 6. The summed E-state index contributed by atoms with van der Waals surface area (Å²) < 4.78 is 5.30. The predicted molar refractivity (Wildman–Crippen MR) is 98.2 cm³/mol. The van der Waals surface area contributed by atoms with Gasteiger partial charge in [0, 0.05) is 22.9 Å². The van der Waals surface area contributed by atoms with Crippen LogP contribution in [0, 0.1) is 18.3 Å². The monoisotopic (exact) mass is 348 g/mol. The van der Waals surface area contributed by atoms with E-state index in [1.165, 1.54) is 11.3 Å². The number of rotatable bonds is 3. The Bertz CT molecular complexity index is 985. The Morgan fingerprint density at radius 3 is 2.76 bits per heavy atom. The van der Waals surface area contributed by atoms with Gasteiger partial charge in [-0.25, -0.2) is 4.98 Å². The number of aromatic nitrogens is 2. The van der Waals surface area contributed by atoms with Crippen LogP contribution in [0.5, 0.6) is 0 Å².